The summed E-state index contributed by atoms with van der Waals surface area (Å²) in [5.41, 5.74) is 0.801. The van der Waals surface area contributed by atoms with Crippen LogP contribution in [0.25, 0.3) is 0 Å². The molecule has 2 aromatic rings. The molecule has 0 radical (unpaired) electrons. The van der Waals surface area contributed by atoms with Gasteiger partial charge >= 0.3 is 0 Å². The number of anilines is 1. The van der Waals surface area contributed by atoms with Crippen LogP contribution in [-0.2, 0) is 11.3 Å². The lowest BCUT2D eigenvalue weighted by atomic mass is 10.2. The maximum Gasteiger partial charge on any atom is 0.248 e. The number of carbonyl (C=O) groups is 1. The molecule has 0 unspecified atom stereocenters. The molecule has 6 heteroatoms. The number of amides is 1. The van der Waals surface area contributed by atoms with Crippen LogP contribution in [-0.4, -0.2) is 28.3 Å². The van der Waals surface area contributed by atoms with Gasteiger partial charge in [-0.15, -0.1) is 0 Å². The molecular weight excluding hydrogens is 322 g/mol. The summed E-state index contributed by atoms with van der Waals surface area (Å²) < 4.78 is 8.31. The molecule has 20 heavy (non-hydrogen) atoms. The fourth-order valence-electron chi connectivity index (χ4n) is 2.26. The van der Waals surface area contributed by atoms with E-state index >= 15 is 0 Å². The summed E-state index contributed by atoms with van der Waals surface area (Å²) in [6.07, 6.45) is 3.42. The summed E-state index contributed by atoms with van der Waals surface area (Å²) in [5, 5.41) is 4.07. The molecule has 3 rings (SSSR count). The summed E-state index contributed by atoms with van der Waals surface area (Å²) >= 11 is 3.43. The molecule has 0 saturated carbocycles. The molecule has 1 aromatic heterocycles. The molecule has 1 atom stereocenters. The van der Waals surface area contributed by atoms with Crippen molar-refractivity contribution in [2.24, 2.45) is 0 Å². The van der Waals surface area contributed by atoms with E-state index in [0.29, 0.717) is 6.54 Å². The van der Waals surface area contributed by atoms with Crippen LogP contribution in [0.1, 0.15) is 6.92 Å². The normalized spacial score (nSPS) is 17.5. The van der Waals surface area contributed by atoms with Crippen LogP contribution in [0, 0.1) is 0 Å². The molecule has 1 aliphatic heterocycles. The van der Waals surface area contributed by atoms with Gasteiger partial charge in [-0.3, -0.25) is 9.48 Å². The van der Waals surface area contributed by atoms with Crippen molar-refractivity contribution in [3.63, 3.8) is 0 Å². The van der Waals surface area contributed by atoms with E-state index in [1.54, 1.807) is 28.0 Å². The van der Waals surface area contributed by atoms with Crippen LogP contribution in [0.2, 0.25) is 0 Å². The van der Waals surface area contributed by atoms with Crippen molar-refractivity contribution < 1.29 is 9.53 Å². The minimum atomic E-state index is -0.0229. The van der Waals surface area contributed by atoms with Crippen molar-refractivity contribution in [1.82, 2.24) is 9.78 Å². The molecule has 0 spiro atoms. The van der Waals surface area contributed by atoms with E-state index in [9.17, 15) is 4.79 Å². The molecule has 0 fully saturated rings. The Hall–Kier alpha value is -1.82. The van der Waals surface area contributed by atoms with Crippen LogP contribution in [0.3, 0.4) is 0 Å². The van der Waals surface area contributed by atoms with Gasteiger partial charge in [0, 0.05) is 16.9 Å². The number of hydrogen-bond donors (Lipinski definition) is 0. The first kappa shape index (κ1) is 13.2. The summed E-state index contributed by atoms with van der Waals surface area (Å²) in [4.78, 5) is 14.2. The van der Waals surface area contributed by atoms with Gasteiger partial charge in [0.1, 0.15) is 18.4 Å². The van der Waals surface area contributed by atoms with Crippen LogP contribution in [0.5, 0.6) is 5.75 Å². The van der Waals surface area contributed by atoms with E-state index in [1.807, 2.05) is 25.1 Å². The quantitative estimate of drug-likeness (QED) is 0.846. The maximum atomic E-state index is 12.5. The number of hydrogen-bond acceptors (Lipinski definition) is 3. The zero-order valence-corrected chi connectivity index (χ0v) is 12.6. The van der Waals surface area contributed by atoms with Gasteiger partial charge in [-0.05, 0) is 31.2 Å². The number of nitrogens with zero attached hydrogens (tertiary/aromatic N) is 3. The second-order valence-corrected chi connectivity index (χ2v) is 5.66. The third-order valence-electron chi connectivity index (χ3n) is 3.14. The van der Waals surface area contributed by atoms with E-state index in [1.165, 1.54) is 0 Å². The van der Waals surface area contributed by atoms with E-state index in [-0.39, 0.29) is 18.6 Å². The number of fused-ring (bicyclic) bond motifs is 1. The highest BCUT2D eigenvalue weighted by Crippen LogP contribution is 2.35. The van der Waals surface area contributed by atoms with Crippen molar-refractivity contribution in [1.29, 1.82) is 0 Å². The molecular formula is C14H14BrN3O2. The number of rotatable bonds is 2. The minimum Gasteiger partial charge on any atom is -0.487 e. The van der Waals surface area contributed by atoms with Crippen molar-refractivity contribution in [3.8, 4) is 5.75 Å². The number of ether oxygens (including phenoxy) is 1. The third-order valence-corrected chi connectivity index (χ3v) is 3.63. The molecule has 0 aliphatic carbocycles. The number of carbonyl (C=O) groups excluding carboxylic acids is 1. The van der Waals surface area contributed by atoms with Gasteiger partial charge in [0.15, 0.2) is 0 Å². The Morgan fingerprint density at radius 1 is 1.55 bits per heavy atom. The van der Waals surface area contributed by atoms with E-state index < -0.39 is 0 Å². The van der Waals surface area contributed by atoms with Crippen molar-refractivity contribution >= 4 is 27.5 Å². The SMILES string of the molecule is C[C@H]1CN(C(=O)Cn2cccn2)c2cc(Br)ccc2O1. The maximum absolute atomic E-state index is 12.5. The smallest absolute Gasteiger partial charge is 0.248 e. The van der Waals surface area contributed by atoms with E-state index in [2.05, 4.69) is 21.0 Å². The predicted molar refractivity (Wildman–Crippen MR) is 78.8 cm³/mol. The molecule has 104 valence electrons. The Bertz CT molecular complexity index is 627. The molecule has 0 saturated heterocycles. The first-order chi connectivity index (χ1) is 9.63. The van der Waals surface area contributed by atoms with Gasteiger partial charge in [-0.2, -0.15) is 5.10 Å². The first-order valence-electron chi connectivity index (χ1n) is 6.37. The Labute approximate surface area is 125 Å². The fraction of sp³-hybridized carbons (Fsp3) is 0.286. The topological polar surface area (TPSA) is 47.4 Å². The number of aromatic nitrogens is 2. The molecule has 2 heterocycles. The van der Waals surface area contributed by atoms with E-state index in [0.717, 1.165) is 15.9 Å². The van der Waals surface area contributed by atoms with Gasteiger partial charge in [-0.1, -0.05) is 15.9 Å². The molecule has 0 N–H and O–H groups in total. The van der Waals surface area contributed by atoms with E-state index in [4.69, 9.17) is 4.74 Å². The van der Waals surface area contributed by atoms with Crippen LogP contribution in [0.15, 0.2) is 41.1 Å². The highest BCUT2D eigenvalue weighted by molar-refractivity contribution is 9.10. The molecule has 5 nitrogen and oxygen atoms in total. The Kier molecular flexibility index (Phi) is 3.48. The molecule has 0 bridgehead atoms. The Balaban J connectivity index is 1.89. The number of benzene rings is 1. The van der Waals surface area contributed by atoms with Crippen LogP contribution < -0.4 is 9.64 Å². The predicted octanol–water partition coefficient (Wildman–Crippen LogP) is 2.46. The van der Waals surface area contributed by atoms with Gasteiger partial charge in [0.25, 0.3) is 0 Å². The lowest BCUT2D eigenvalue weighted by Gasteiger charge is -2.33. The standard InChI is InChI=1S/C14H14BrN3O2/c1-10-8-18(14(19)9-17-6-2-5-16-17)12-7-11(15)3-4-13(12)20-10/h2-7,10H,8-9H2,1H3/t10-/m0/s1. The molecule has 1 aromatic carbocycles. The van der Waals surface area contributed by atoms with Gasteiger partial charge in [-0.25, -0.2) is 0 Å². The third kappa shape index (κ3) is 2.56. The zero-order valence-electron chi connectivity index (χ0n) is 11.0. The number of halogens is 1. The summed E-state index contributed by atoms with van der Waals surface area (Å²) in [5.74, 6) is 0.740. The van der Waals surface area contributed by atoms with Crippen LogP contribution >= 0.6 is 15.9 Å². The Morgan fingerprint density at radius 2 is 2.40 bits per heavy atom. The van der Waals surface area contributed by atoms with Crippen molar-refractivity contribution in [2.75, 3.05) is 11.4 Å². The molecule has 1 amide bonds. The fourth-order valence-corrected chi connectivity index (χ4v) is 2.61. The summed E-state index contributed by atoms with van der Waals surface area (Å²) in [7, 11) is 0. The highest BCUT2D eigenvalue weighted by Gasteiger charge is 2.27. The monoisotopic (exact) mass is 335 g/mol. The second kappa shape index (κ2) is 5.28. The average molecular weight is 336 g/mol. The average Bonchev–Trinajstić information content (AvgIpc) is 2.91. The van der Waals surface area contributed by atoms with Gasteiger partial charge in [0.05, 0.1) is 12.2 Å². The lowest BCUT2D eigenvalue weighted by molar-refractivity contribution is -0.119. The van der Waals surface area contributed by atoms with Crippen molar-refractivity contribution in [2.45, 2.75) is 19.6 Å². The second-order valence-electron chi connectivity index (χ2n) is 4.75. The summed E-state index contributed by atoms with van der Waals surface area (Å²) in [6, 6.07) is 7.50. The molecule has 1 aliphatic rings. The Morgan fingerprint density at radius 3 is 3.15 bits per heavy atom. The largest absolute Gasteiger partial charge is 0.487 e. The zero-order chi connectivity index (χ0) is 14.1. The van der Waals surface area contributed by atoms with Crippen molar-refractivity contribution in [3.05, 3.63) is 41.1 Å². The lowest BCUT2D eigenvalue weighted by Crippen LogP contribution is -2.43. The summed E-state index contributed by atoms with van der Waals surface area (Å²) in [6.45, 7) is 2.73. The van der Waals surface area contributed by atoms with Crippen LogP contribution in [0.4, 0.5) is 5.69 Å². The van der Waals surface area contributed by atoms with Gasteiger partial charge in [0.2, 0.25) is 5.91 Å². The van der Waals surface area contributed by atoms with Gasteiger partial charge < -0.3 is 9.64 Å². The first-order valence-corrected chi connectivity index (χ1v) is 7.17. The highest BCUT2D eigenvalue weighted by atomic mass is 79.9. The minimum absolute atomic E-state index is 0.00296.